The lowest BCUT2D eigenvalue weighted by molar-refractivity contribution is 0.0216. The van der Waals surface area contributed by atoms with Crippen LogP contribution in [0.5, 0.6) is 0 Å². The van der Waals surface area contributed by atoms with Crippen LogP contribution in [0.25, 0.3) is 0 Å². The predicted octanol–water partition coefficient (Wildman–Crippen LogP) is 3.67. The molecular weight excluding hydrogens is 244 g/mol. The van der Waals surface area contributed by atoms with Crippen LogP contribution in [-0.4, -0.2) is 37.1 Å². The standard InChI is InChI=1S/C18H34N2/c1-3-14-8-9-17(19-2)18(12-14)20-11-10-15-6-4-5-7-16(15)13-20/h14-19H,3-13H2,1-2H3. The van der Waals surface area contributed by atoms with Gasteiger partial charge in [0, 0.05) is 18.6 Å². The fraction of sp³-hybridized carbons (Fsp3) is 1.00. The van der Waals surface area contributed by atoms with Gasteiger partial charge in [-0.3, -0.25) is 4.90 Å². The van der Waals surface area contributed by atoms with E-state index in [9.17, 15) is 0 Å². The summed E-state index contributed by atoms with van der Waals surface area (Å²) in [5, 5.41) is 3.63. The summed E-state index contributed by atoms with van der Waals surface area (Å²) in [4.78, 5) is 2.88. The molecule has 116 valence electrons. The van der Waals surface area contributed by atoms with Crippen molar-refractivity contribution < 1.29 is 0 Å². The SMILES string of the molecule is CCC1CCC(NC)C(N2CCC3CCCCC3C2)C1. The molecule has 0 aromatic carbocycles. The van der Waals surface area contributed by atoms with Crippen LogP contribution in [0.1, 0.15) is 64.7 Å². The Morgan fingerprint density at radius 2 is 1.80 bits per heavy atom. The van der Waals surface area contributed by atoms with Crippen molar-refractivity contribution in [2.24, 2.45) is 17.8 Å². The van der Waals surface area contributed by atoms with Crippen LogP contribution in [0.3, 0.4) is 0 Å². The third-order valence-corrected chi connectivity index (χ3v) is 6.66. The molecule has 2 heteroatoms. The molecule has 3 aliphatic rings. The second-order valence-corrected chi connectivity index (χ2v) is 7.64. The second kappa shape index (κ2) is 6.79. The van der Waals surface area contributed by atoms with Crippen molar-refractivity contribution in [2.75, 3.05) is 20.1 Å². The number of nitrogens with one attached hydrogen (secondary N) is 1. The molecule has 0 radical (unpaired) electrons. The average Bonchev–Trinajstić information content (AvgIpc) is 2.53. The van der Waals surface area contributed by atoms with Gasteiger partial charge in [-0.05, 0) is 63.5 Å². The van der Waals surface area contributed by atoms with Crippen molar-refractivity contribution >= 4 is 0 Å². The number of likely N-dealkylation sites (tertiary alicyclic amines) is 1. The van der Waals surface area contributed by atoms with Gasteiger partial charge in [-0.1, -0.05) is 32.6 Å². The summed E-state index contributed by atoms with van der Waals surface area (Å²) in [6.45, 7) is 5.17. The van der Waals surface area contributed by atoms with Crippen LogP contribution in [0.15, 0.2) is 0 Å². The van der Waals surface area contributed by atoms with E-state index in [1.165, 1.54) is 70.9 Å². The molecule has 1 N–H and O–H groups in total. The first kappa shape index (κ1) is 14.8. The largest absolute Gasteiger partial charge is 0.315 e. The number of fused-ring (bicyclic) bond motifs is 1. The van der Waals surface area contributed by atoms with Gasteiger partial charge < -0.3 is 5.32 Å². The molecule has 1 aliphatic heterocycles. The van der Waals surface area contributed by atoms with E-state index < -0.39 is 0 Å². The Hall–Kier alpha value is -0.0800. The Kier molecular flexibility index (Phi) is 5.04. The maximum absolute atomic E-state index is 3.63. The molecule has 0 spiro atoms. The van der Waals surface area contributed by atoms with Crippen molar-refractivity contribution in [3.63, 3.8) is 0 Å². The minimum absolute atomic E-state index is 0.748. The first-order valence-electron chi connectivity index (χ1n) is 9.23. The Bertz CT molecular complexity index is 304. The van der Waals surface area contributed by atoms with E-state index in [2.05, 4.69) is 24.2 Å². The highest BCUT2D eigenvalue weighted by molar-refractivity contribution is 4.94. The lowest BCUT2D eigenvalue weighted by Gasteiger charge is -2.49. The average molecular weight is 278 g/mol. The van der Waals surface area contributed by atoms with Crippen LogP contribution in [-0.2, 0) is 0 Å². The van der Waals surface area contributed by atoms with Gasteiger partial charge in [-0.2, -0.15) is 0 Å². The molecule has 2 saturated carbocycles. The monoisotopic (exact) mass is 278 g/mol. The van der Waals surface area contributed by atoms with E-state index in [1.807, 2.05) is 0 Å². The minimum Gasteiger partial charge on any atom is -0.315 e. The van der Waals surface area contributed by atoms with Crippen LogP contribution >= 0.6 is 0 Å². The van der Waals surface area contributed by atoms with Gasteiger partial charge in [0.1, 0.15) is 0 Å². The number of nitrogens with zero attached hydrogens (tertiary/aromatic N) is 1. The normalized spacial score (nSPS) is 43.2. The highest BCUT2D eigenvalue weighted by atomic mass is 15.2. The quantitative estimate of drug-likeness (QED) is 0.847. The van der Waals surface area contributed by atoms with Gasteiger partial charge in [-0.15, -0.1) is 0 Å². The zero-order valence-electron chi connectivity index (χ0n) is 13.6. The smallest absolute Gasteiger partial charge is 0.0251 e. The minimum atomic E-state index is 0.748. The zero-order chi connectivity index (χ0) is 13.9. The van der Waals surface area contributed by atoms with E-state index in [1.54, 1.807) is 0 Å². The summed E-state index contributed by atoms with van der Waals surface area (Å²) in [5.74, 6) is 3.07. The predicted molar refractivity (Wildman–Crippen MR) is 85.9 cm³/mol. The van der Waals surface area contributed by atoms with E-state index in [4.69, 9.17) is 0 Å². The Balaban J connectivity index is 1.63. The molecule has 3 fully saturated rings. The third kappa shape index (κ3) is 3.06. The number of hydrogen-bond acceptors (Lipinski definition) is 2. The fourth-order valence-electron chi connectivity index (χ4n) is 5.27. The van der Waals surface area contributed by atoms with Crippen molar-refractivity contribution in [3.8, 4) is 0 Å². The molecule has 1 heterocycles. The van der Waals surface area contributed by atoms with Crippen LogP contribution in [0.2, 0.25) is 0 Å². The lowest BCUT2D eigenvalue weighted by atomic mass is 9.73. The number of piperidine rings is 1. The Morgan fingerprint density at radius 3 is 2.55 bits per heavy atom. The molecule has 0 aromatic heterocycles. The number of rotatable bonds is 3. The van der Waals surface area contributed by atoms with Crippen LogP contribution < -0.4 is 5.32 Å². The third-order valence-electron chi connectivity index (χ3n) is 6.66. The van der Waals surface area contributed by atoms with Crippen LogP contribution in [0, 0.1) is 17.8 Å². The highest BCUT2D eigenvalue weighted by Crippen LogP contribution is 2.39. The molecule has 0 amide bonds. The molecule has 1 saturated heterocycles. The summed E-state index contributed by atoms with van der Waals surface area (Å²) >= 11 is 0. The van der Waals surface area contributed by atoms with E-state index in [0.717, 1.165) is 29.8 Å². The summed E-state index contributed by atoms with van der Waals surface area (Å²) in [5.41, 5.74) is 0. The zero-order valence-corrected chi connectivity index (χ0v) is 13.6. The molecular formula is C18H34N2. The molecule has 0 aromatic rings. The summed E-state index contributed by atoms with van der Waals surface area (Å²) in [7, 11) is 2.18. The molecule has 2 nitrogen and oxygen atoms in total. The van der Waals surface area contributed by atoms with E-state index >= 15 is 0 Å². The van der Waals surface area contributed by atoms with Gasteiger partial charge in [0.2, 0.25) is 0 Å². The second-order valence-electron chi connectivity index (χ2n) is 7.64. The molecule has 3 rings (SSSR count). The number of hydrogen-bond donors (Lipinski definition) is 1. The lowest BCUT2D eigenvalue weighted by Crippen LogP contribution is -2.56. The molecule has 5 unspecified atom stereocenters. The molecule has 0 bridgehead atoms. The molecule has 2 aliphatic carbocycles. The summed E-state index contributed by atoms with van der Waals surface area (Å²) < 4.78 is 0. The van der Waals surface area contributed by atoms with E-state index in [0.29, 0.717) is 0 Å². The maximum atomic E-state index is 3.63. The van der Waals surface area contributed by atoms with Gasteiger partial charge >= 0.3 is 0 Å². The van der Waals surface area contributed by atoms with Gasteiger partial charge in [0.15, 0.2) is 0 Å². The van der Waals surface area contributed by atoms with Crippen molar-refractivity contribution in [2.45, 2.75) is 76.8 Å². The van der Waals surface area contributed by atoms with Crippen molar-refractivity contribution in [1.29, 1.82) is 0 Å². The van der Waals surface area contributed by atoms with Crippen LogP contribution in [0.4, 0.5) is 0 Å². The first-order valence-corrected chi connectivity index (χ1v) is 9.23. The molecule has 20 heavy (non-hydrogen) atoms. The summed E-state index contributed by atoms with van der Waals surface area (Å²) in [6.07, 6.45) is 13.2. The maximum Gasteiger partial charge on any atom is 0.0251 e. The summed E-state index contributed by atoms with van der Waals surface area (Å²) in [6, 6.07) is 1.57. The van der Waals surface area contributed by atoms with Crippen molar-refractivity contribution in [3.05, 3.63) is 0 Å². The topological polar surface area (TPSA) is 15.3 Å². The van der Waals surface area contributed by atoms with Gasteiger partial charge in [-0.25, -0.2) is 0 Å². The fourth-order valence-corrected chi connectivity index (χ4v) is 5.27. The van der Waals surface area contributed by atoms with Gasteiger partial charge in [0.25, 0.3) is 0 Å². The first-order chi connectivity index (χ1) is 9.81. The Morgan fingerprint density at radius 1 is 1.00 bits per heavy atom. The van der Waals surface area contributed by atoms with Gasteiger partial charge in [0.05, 0.1) is 0 Å². The van der Waals surface area contributed by atoms with E-state index in [-0.39, 0.29) is 0 Å². The number of likely N-dealkylation sites (N-methyl/N-ethyl adjacent to an activating group) is 1. The molecule has 5 atom stereocenters. The van der Waals surface area contributed by atoms with Crippen molar-refractivity contribution in [1.82, 2.24) is 10.2 Å². The Labute approximate surface area is 125 Å². The highest BCUT2D eigenvalue weighted by Gasteiger charge is 2.38.